The fourth-order valence-corrected chi connectivity index (χ4v) is 13.9. The Kier molecular flexibility index (Phi) is 10.4. The molecular formula is C40H68O13. The molecule has 2 aliphatic heterocycles. The van der Waals surface area contributed by atoms with Crippen LogP contribution in [0.3, 0.4) is 0 Å². The summed E-state index contributed by atoms with van der Waals surface area (Å²) in [6.45, 7) is 14.1. The van der Waals surface area contributed by atoms with Crippen molar-refractivity contribution in [3.05, 3.63) is 0 Å². The number of ether oxygens (including phenoxy) is 4. The molecule has 0 aromatic carbocycles. The smallest absolute Gasteiger partial charge is 0.186 e. The largest absolute Gasteiger partial charge is 0.393 e. The minimum Gasteiger partial charge on any atom is -0.393 e. The molecule has 7 rings (SSSR count). The summed E-state index contributed by atoms with van der Waals surface area (Å²) in [5.74, 6) is 0.204. The summed E-state index contributed by atoms with van der Waals surface area (Å²) in [6.07, 6.45) is -5.79. The van der Waals surface area contributed by atoms with Crippen LogP contribution in [0, 0.1) is 50.7 Å². The van der Waals surface area contributed by atoms with Crippen LogP contribution in [0.1, 0.15) is 106 Å². The Bertz CT molecular complexity index is 1340. The standard InChI is InChI=1S/C40H68O13/c1-19(8-9-25(44)36(4,5)49)27-20(41)15-38(7)24-14-23(52-33-30(47)28(45)21(42)16-50-33)32-35(2,3)26(53-34-31(48)29(46)22(43)17-51-34)10-11-40(32)18-39(24,40)13-12-37(27,38)6/h19-34,41-49H,8-18H2,1-7H3. The van der Waals surface area contributed by atoms with Crippen molar-refractivity contribution in [3.63, 3.8) is 0 Å². The average Bonchev–Trinajstić information content (AvgIpc) is 3.67. The third-order valence-electron chi connectivity index (χ3n) is 16.9. The topological polar surface area (TPSA) is 219 Å². The Morgan fingerprint density at radius 3 is 1.91 bits per heavy atom. The van der Waals surface area contributed by atoms with Crippen LogP contribution in [0.2, 0.25) is 0 Å². The van der Waals surface area contributed by atoms with Gasteiger partial charge in [-0.1, -0.05) is 34.6 Å². The molecule has 0 aromatic rings. The Morgan fingerprint density at radius 2 is 1.32 bits per heavy atom. The van der Waals surface area contributed by atoms with E-state index in [1.54, 1.807) is 13.8 Å². The minimum absolute atomic E-state index is 0.00199. The zero-order chi connectivity index (χ0) is 38.8. The van der Waals surface area contributed by atoms with E-state index >= 15 is 0 Å². The van der Waals surface area contributed by atoms with E-state index in [0.717, 1.165) is 25.7 Å². The number of fused-ring (bicyclic) bond motifs is 2. The van der Waals surface area contributed by atoms with E-state index in [0.29, 0.717) is 32.1 Å². The van der Waals surface area contributed by atoms with E-state index in [1.807, 2.05) is 0 Å². The maximum absolute atomic E-state index is 12.0. The van der Waals surface area contributed by atoms with E-state index in [2.05, 4.69) is 34.6 Å². The van der Waals surface area contributed by atoms with Gasteiger partial charge >= 0.3 is 0 Å². The first-order valence-electron chi connectivity index (χ1n) is 20.3. The molecule has 0 radical (unpaired) electrons. The second kappa shape index (κ2) is 13.5. The first kappa shape index (κ1) is 40.7. The first-order valence-corrected chi connectivity index (χ1v) is 20.3. The third kappa shape index (κ3) is 6.04. The molecule has 5 aliphatic carbocycles. The van der Waals surface area contributed by atoms with Crippen molar-refractivity contribution in [3.8, 4) is 0 Å². The van der Waals surface area contributed by atoms with E-state index in [1.165, 1.54) is 0 Å². The second-order valence-corrected chi connectivity index (χ2v) is 20.3. The van der Waals surface area contributed by atoms with Gasteiger partial charge in [0.05, 0.1) is 43.2 Å². The number of aliphatic hydroxyl groups excluding tert-OH is 8. The molecule has 13 nitrogen and oxygen atoms in total. The van der Waals surface area contributed by atoms with Gasteiger partial charge in [0.1, 0.15) is 36.6 Å². The van der Waals surface area contributed by atoms with Crippen LogP contribution in [0.25, 0.3) is 0 Å². The average molecular weight is 757 g/mol. The van der Waals surface area contributed by atoms with Crippen molar-refractivity contribution in [2.24, 2.45) is 50.7 Å². The molecule has 0 bridgehead atoms. The molecule has 0 amide bonds. The van der Waals surface area contributed by atoms with Crippen molar-refractivity contribution < 1.29 is 64.9 Å². The first-order chi connectivity index (χ1) is 24.6. The molecule has 53 heavy (non-hydrogen) atoms. The molecule has 2 saturated heterocycles. The molecule has 7 fully saturated rings. The lowest BCUT2D eigenvalue weighted by molar-refractivity contribution is -0.326. The quantitative estimate of drug-likeness (QED) is 0.151. The molecule has 20 unspecified atom stereocenters. The van der Waals surface area contributed by atoms with Gasteiger partial charge in [0, 0.05) is 0 Å². The van der Waals surface area contributed by atoms with Gasteiger partial charge in [0.2, 0.25) is 0 Å². The van der Waals surface area contributed by atoms with Crippen LogP contribution in [-0.2, 0) is 18.9 Å². The second-order valence-electron chi connectivity index (χ2n) is 20.3. The highest BCUT2D eigenvalue weighted by Gasteiger charge is 2.84. The highest BCUT2D eigenvalue weighted by atomic mass is 16.7. The van der Waals surface area contributed by atoms with Gasteiger partial charge in [-0.3, -0.25) is 0 Å². The highest BCUT2D eigenvalue weighted by Crippen LogP contribution is 2.89. The Balaban J connectivity index is 1.20. The fourth-order valence-electron chi connectivity index (χ4n) is 13.9. The molecule has 2 spiro atoms. The summed E-state index contributed by atoms with van der Waals surface area (Å²) in [5, 5.41) is 96.3. The number of hydrogen-bond acceptors (Lipinski definition) is 13. The van der Waals surface area contributed by atoms with E-state index in [9.17, 15) is 46.0 Å². The SMILES string of the molecule is CC(CCC(O)C(C)(C)O)C1C(O)CC2(C)C3CC(OC4OCC(O)C(O)C4O)C4C(C)(C)C(OC5OCC(O)C(O)C5O)CCC45CC35CCC12C. The van der Waals surface area contributed by atoms with Crippen LogP contribution in [0.15, 0.2) is 0 Å². The van der Waals surface area contributed by atoms with Crippen molar-refractivity contribution in [1.29, 1.82) is 0 Å². The van der Waals surface area contributed by atoms with Gasteiger partial charge in [-0.2, -0.15) is 0 Å². The Morgan fingerprint density at radius 1 is 0.736 bits per heavy atom. The highest BCUT2D eigenvalue weighted by molar-refractivity contribution is 5.32. The summed E-state index contributed by atoms with van der Waals surface area (Å²) in [5.41, 5.74) is -2.37. The van der Waals surface area contributed by atoms with Gasteiger partial charge in [-0.15, -0.1) is 0 Å². The van der Waals surface area contributed by atoms with Gasteiger partial charge in [-0.25, -0.2) is 0 Å². The Hall–Kier alpha value is -0.520. The summed E-state index contributed by atoms with van der Waals surface area (Å²) < 4.78 is 24.9. The Labute approximate surface area is 314 Å². The maximum Gasteiger partial charge on any atom is 0.186 e. The van der Waals surface area contributed by atoms with E-state index in [4.69, 9.17) is 18.9 Å². The molecule has 2 heterocycles. The summed E-state index contributed by atoms with van der Waals surface area (Å²) in [4.78, 5) is 0. The van der Waals surface area contributed by atoms with Crippen molar-refractivity contribution in [2.45, 2.75) is 185 Å². The van der Waals surface area contributed by atoms with Crippen LogP contribution < -0.4 is 0 Å². The van der Waals surface area contributed by atoms with Gasteiger partial charge in [0.15, 0.2) is 12.6 Å². The molecule has 7 aliphatic rings. The van der Waals surface area contributed by atoms with Gasteiger partial charge < -0.3 is 64.9 Å². The van der Waals surface area contributed by atoms with Crippen molar-refractivity contribution in [1.82, 2.24) is 0 Å². The molecule has 20 atom stereocenters. The maximum atomic E-state index is 12.0. The lowest BCUT2D eigenvalue weighted by Gasteiger charge is -2.65. The van der Waals surface area contributed by atoms with Gasteiger partial charge in [0.25, 0.3) is 0 Å². The van der Waals surface area contributed by atoms with Crippen LogP contribution in [0.4, 0.5) is 0 Å². The van der Waals surface area contributed by atoms with Crippen molar-refractivity contribution >= 4 is 0 Å². The molecule has 306 valence electrons. The van der Waals surface area contributed by atoms with Crippen LogP contribution in [-0.4, -0.2) is 138 Å². The van der Waals surface area contributed by atoms with Gasteiger partial charge in [-0.05, 0) is 122 Å². The summed E-state index contributed by atoms with van der Waals surface area (Å²) in [6, 6.07) is 0. The zero-order valence-corrected chi connectivity index (χ0v) is 32.7. The normalized spacial score (nSPS) is 54.6. The fraction of sp³-hybridized carbons (Fsp3) is 1.00. The van der Waals surface area contributed by atoms with Crippen LogP contribution >= 0.6 is 0 Å². The monoisotopic (exact) mass is 756 g/mol. The van der Waals surface area contributed by atoms with E-state index < -0.39 is 84.6 Å². The minimum atomic E-state index is -1.46. The number of rotatable bonds is 9. The third-order valence-corrected chi connectivity index (χ3v) is 16.9. The molecule has 13 heteroatoms. The van der Waals surface area contributed by atoms with E-state index in [-0.39, 0.29) is 58.5 Å². The molecule has 5 saturated carbocycles. The predicted molar refractivity (Wildman–Crippen MR) is 190 cm³/mol. The lowest BCUT2D eigenvalue weighted by Crippen LogP contribution is -2.64. The molecular weight excluding hydrogens is 688 g/mol. The summed E-state index contributed by atoms with van der Waals surface area (Å²) in [7, 11) is 0. The lowest BCUT2D eigenvalue weighted by atomic mass is 9.41. The summed E-state index contributed by atoms with van der Waals surface area (Å²) >= 11 is 0. The number of hydrogen-bond donors (Lipinski definition) is 9. The molecule has 9 N–H and O–H groups in total. The van der Waals surface area contributed by atoms with Crippen LogP contribution in [0.5, 0.6) is 0 Å². The predicted octanol–water partition coefficient (Wildman–Crippen LogP) is 1.20. The zero-order valence-electron chi connectivity index (χ0n) is 32.7. The molecule has 0 aromatic heterocycles. The van der Waals surface area contributed by atoms with Crippen molar-refractivity contribution in [2.75, 3.05) is 13.2 Å². The number of aliphatic hydroxyl groups is 9.